The average Bonchev–Trinajstić information content (AvgIpc) is 2.45. The van der Waals surface area contributed by atoms with Crippen LogP contribution in [-0.2, 0) is 0 Å². The van der Waals surface area contributed by atoms with E-state index in [0.29, 0.717) is 4.48 Å². The van der Waals surface area contributed by atoms with Gasteiger partial charge in [-0.2, -0.15) is 0 Å². The summed E-state index contributed by atoms with van der Waals surface area (Å²) < 4.78 is 2.58. The highest BCUT2D eigenvalue weighted by atomic mass is 15.5. The molecular formula is C8H12N5+. The van der Waals surface area contributed by atoms with E-state index < -0.39 is 0 Å². The Bertz CT molecular complexity index is 425. The first kappa shape index (κ1) is 8.12. The highest BCUT2D eigenvalue weighted by Crippen LogP contribution is 2.13. The Morgan fingerprint density at radius 3 is 2.69 bits per heavy atom. The summed E-state index contributed by atoms with van der Waals surface area (Å²) in [5.41, 5.74) is 0.783. The second-order valence-corrected chi connectivity index (χ2v) is 3.82. The van der Waals surface area contributed by atoms with E-state index in [9.17, 15) is 0 Å². The molecule has 0 atom stereocenters. The molecule has 5 heteroatoms. The number of aromatic nitrogens is 4. The van der Waals surface area contributed by atoms with Crippen molar-refractivity contribution >= 4 is 11.6 Å². The minimum Gasteiger partial charge on any atom is -0.264 e. The van der Waals surface area contributed by atoms with Gasteiger partial charge in [-0.1, -0.05) is 5.10 Å². The summed E-state index contributed by atoms with van der Waals surface area (Å²) in [6.45, 7) is 0. The SMILES string of the molecule is C[N+](C)(C)c1nnc2cnccn12. The molecule has 0 fully saturated rings. The fraction of sp³-hybridized carbons (Fsp3) is 0.375. The lowest BCUT2D eigenvalue weighted by Gasteiger charge is -2.19. The largest absolute Gasteiger partial charge is 0.333 e. The van der Waals surface area contributed by atoms with E-state index in [2.05, 4.69) is 36.3 Å². The zero-order valence-corrected chi connectivity index (χ0v) is 7.97. The molecule has 13 heavy (non-hydrogen) atoms. The highest BCUT2D eigenvalue weighted by molar-refractivity contribution is 5.41. The first-order valence-corrected chi connectivity index (χ1v) is 4.06. The van der Waals surface area contributed by atoms with Crippen LogP contribution in [-0.4, -0.2) is 40.7 Å². The predicted molar refractivity (Wildman–Crippen MR) is 50.3 cm³/mol. The summed E-state index contributed by atoms with van der Waals surface area (Å²) in [5, 5.41) is 8.13. The summed E-state index contributed by atoms with van der Waals surface area (Å²) in [6.07, 6.45) is 5.30. The Balaban J connectivity index is 2.72. The molecule has 2 rings (SSSR count). The molecular weight excluding hydrogens is 166 g/mol. The Morgan fingerprint density at radius 2 is 2.00 bits per heavy atom. The molecule has 2 aromatic rings. The standard InChI is InChI=1S/C8H12N5/c1-13(2,3)8-11-10-7-6-9-4-5-12(7)8/h4-6H,1-3H3/q+1. The van der Waals surface area contributed by atoms with Gasteiger partial charge in [-0.3, -0.25) is 9.47 Å². The number of quaternary nitrogens is 1. The third-order valence-electron chi connectivity index (χ3n) is 1.80. The topological polar surface area (TPSA) is 43.1 Å². The number of hydrogen-bond acceptors (Lipinski definition) is 3. The highest BCUT2D eigenvalue weighted by Gasteiger charge is 2.19. The van der Waals surface area contributed by atoms with Crippen LogP contribution in [0.5, 0.6) is 0 Å². The zero-order chi connectivity index (χ0) is 9.47. The van der Waals surface area contributed by atoms with Crippen molar-refractivity contribution < 1.29 is 0 Å². The molecule has 0 saturated carbocycles. The number of nitrogens with zero attached hydrogens (tertiary/aromatic N) is 5. The first-order valence-electron chi connectivity index (χ1n) is 4.06. The van der Waals surface area contributed by atoms with Crippen LogP contribution in [0.3, 0.4) is 0 Å². The number of hydrogen-bond donors (Lipinski definition) is 0. The van der Waals surface area contributed by atoms with Crippen molar-refractivity contribution in [2.75, 3.05) is 21.1 Å². The average molecular weight is 178 g/mol. The van der Waals surface area contributed by atoms with E-state index in [1.807, 2.05) is 10.6 Å². The first-order chi connectivity index (χ1) is 6.09. The van der Waals surface area contributed by atoms with Crippen LogP contribution in [0.15, 0.2) is 18.6 Å². The van der Waals surface area contributed by atoms with Gasteiger partial charge in [-0.15, -0.1) is 5.10 Å². The van der Waals surface area contributed by atoms with E-state index in [0.717, 1.165) is 11.6 Å². The molecule has 0 unspecified atom stereocenters. The minimum atomic E-state index is 0.644. The van der Waals surface area contributed by atoms with Crippen LogP contribution in [0.4, 0.5) is 5.95 Å². The van der Waals surface area contributed by atoms with Gasteiger partial charge in [0.05, 0.1) is 27.3 Å². The van der Waals surface area contributed by atoms with Crippen LogP contribution in [0.1, 0.15) is 0 Å². The molecule has 0 bridgehead atoms. The van der Waals surface area contributed by atoms with Gasteiger partial charge in [-0.05, 0) is 0 Å². The maximum Gasteiger partial charge on any atom is 0.333 e. The van der Waals surface area contributed by atoms with Gasteiger partial charge >= 0.3 is 5.95 Å². The quantitative estimate of drug-likeness (QED) is 0.591. The Labute approximate surface area is 76.2 Å². The lowest BCUT2D eigenvalue weighted by molar-refractivity contribution is 0.455. The number of fused-ring (bicyclic) bond motifs is 1. The summed E-state index contributed by atoms with van der Waals surface area (Å²) in [7, 11) is 6.16. The molecule has 0 saturated heterocycles. The van der Waals surface area contributed by atoms with Crippen molar-refractivity contribution in [2.24, 2.45) is 0 Å². The summed E-state index contributed by atoms with van der Waals surface area (Å²) in [6, 6.07) is 0. The van der Waals surface area contributed by atoms with Gasteiger partial charge in [0.1, 0.15) is 0 Å². The molecule has 68 valence electrons. The van der Waals surface area contributed by atoms with Crippen molar-refractivity contribution in [3.8, 4) is 0 Å². The predicted octanol–water partition coefficient (Wildman–Crippen LogP) is 0.321. The second kappa shape index (κ2) is 2.50. The van der Waals surface area contributed by atoms with Crippen molar-refractivity contribution in [1.29, 1.82) is 0 Å². The summed E-state index contributed by atoms with van der Waals surface area (Å²) >= 11 is 0. The third kappa shape index (κ3) is 1.27. The molecule has 2 heterocycles. The Kier molecular flexibility index (Phi) is 1.56. The molecule has 0 aliphatic rings. The molecule has 5 nitrogen and oxygen atoms in total. The van der Waals surface area contributed by atoms with E-state index in [1.165, 1.54) is 0 Å². The van der Waals surface area contributed by atoms with Gasteiger partial charge < -0.3 is 0 Å². The van der Waals surface area contributed by atoms with Gasteiger partial charge in [0.2, 0.25) is 0 Å². The van der Waals surface area contributed by atoms with Crippen molar-refractivity contribution in [3.05, 3.63) is 18.6 Å². The van der Waals surface area contributed by atoms with E-state index in [1.54, 1.807) is 12.4 Å². The lowest BCUT2D eigenvalue weighted by atomic mass is 10.6. The monoisotopic (exact) mass is 178 g/mol. The maximum atomic E-state index is 4.11. The minimum absolute atomic E-state index is 0.644. The van der Waals surface area contributed by atoms with E-state index >= 15 is 0 Å². The molecule has 0 aliphatic carbocycles. The zero-order valence-electron chi connectivity index (χ0n) is 7.97. The van der Waals surface area contributed by atoms with Crippen molar-refractivity contribution in [3.63, 3.8) is 0 Å². The van der Waals surface area contributed by atoms with E-state index in [4.69, 9.17) is 0 Å². The van der Waals surface area contributed by atoms with Gasteiger partial charge in [0, 0.05) is 12.4 Å². The summed E-state index contributed by atoms with van der Waals surface area (Å²) in [5.74, 6) is 0.900. The normalized spacial score (nSPS) is 12.2. The Hall–Kier alpha value is -1.49. The Morgan fingerprint density at radius 1 is 1.23 bits per heavy atom. The second-order valence-electron chi connectivity index (χ2n) is 3.82. The van der Waals surface area contributed by atoms with Crippen LogP contribution in [0, 0.1) is 0 Å². The summed E-state index contributed by atoms with van der Waals surface area (Å²) in [4.78, 5) is 3.98. The molecule has 0 spiro atoms. The third-order valence-corrected chi connectivity index (χ3v) is 1.80. The molecule has 0 amide bonds. The van der Waals surface area contributed by atoms with Crippen LogP contribution in [0.25, 0.3) is 5.65 Å². The van der Waals surface area contributed by atoms with Gasteiger partial charge in [0.25, 0.3) is 0 Å². The smallest absolute Gasteiger partial charge is 0.264 e. The maximum absolute atomic E-state index is 4.11. The van der Waals surface area contributed by atoms with Gasteiger partial charge in [0.15, 0.2) is 5.65 Å². The van der Waals surface area contributed by atoms with Gasteiger partial charge in [-0.25, -0.2) is 4.40 Å². The lowest BCUT2D eigenvalue weighted by Crippen LogP contribution is -2.36. The fourth-order valence-electron chi connectivity index (χ4n) is 1.20. The van der Waals surface area contributed by atoms with Crippen molar-refractivity contribution in [1.82, 2.24) is 24.1 Å². The van der Waals surface area contributed by atoms with Crippen LogP contribution < -0.4 is 4.48 Å². The molecule has 0 aromatic carbocycles. The molecule has 0 N–H and O–H groups in total. The molecule has 0 aliphatic heterocycles. The van der Waals surface area contributed by atoms with Crippen LogP contribution in [0.2, 0.25) is 0 Å². The fourth-order valence-corrected chi connectivity index (χ4v) is 1.20. The number of rotatable bonds is 1. The molecule has 2 aromatic heterocycles. The van der Waals surface area contributed by atoms with E-state index in [-0.39, 0.29) is 0 Å². The molecule has 0 radical (unpaired) electrons. The van der Waals surface area contributed by atoms with Crippen LogP contribution >= 0.6 is 0 Å². The van der Waals surface area contributed by atoms with Crippen molar-refractivity contribution in [2.45, 2.75) is 0 Å².